The summed E-state index contributed by atoms with van der Waals surface area (Å²) in [5, 5.41) is 15.5. The van der Waals surface area contributed by atoms with Crippen LogP contribution in [0.2, 0.25) is 0 Å². The average molecular weight is 328 g/mol. The van der Waals surface area contributed by atoms with Crippen LogP contribution in [-0.4, -0.2) is 41.0 Å². The second-order valence-electron chi connectivity index (χ2n) is 5.07. The van der Waals surface area contributed by atoms with Crippen LogP contribution in [0, 0.1) is 5.92 Å². The van der Waals surface area contributed by atoms with E-state index in [4.69, 9.17) is 10.8 Å². The molecule has 9 heteroatoms. The number of aliphatic carboxylic acids is 1. The molecule has 22 heavy (non-hydrogen) atoms. The van der Waals surface area contributed by atoms with Crippen LogP contribution in [0.15, 0.2) is 5.38 Å². The third kappa shape index (κ3) is 6.19. The molecule has 0 aromatic carbocycles. The standard InChI is InChI=1S/C13H20N4O4S/c1-7(2)12(14)13-17-8(6-22-13)3-9(18)15-4-10(19)16-5-11(20)21/h6-7,12H,3-5,14H2,1-2H3,(H,15,18)(H,16,19)(H,20,21). The topological polar surface area (TPSA) is 134 Å². The lowest BCUT2D eigenvalue weighted by molar-refractivity contribution is -0.137. The van der Waals surface area contributed by atoms with Crippen molar-refractivity contribution in [1.29, 1.82) is 0 Å². The first-order valence-electron chi connectivity index (χ1n) is 6.74. The molecule has 0 aliphatic heterocycles. The molecule has 122 valence electrons. The summed E-state index contributed by atoms with van der Waals surface area (Å²) in [5.74, 6) is -1.81. The van der Waals surface area contributed by atoms with Gasteiger partial charge >= 0.3 is 5.97 Å². The number of carboxylic acids is 1. The molecule has 0 radical (unpaired) electrons. The van der Waals surface area contributed by atoms with Gasteiger partial charge in [-0.15, -0.1) is 11.3 Å². The summed E-state index contributed by atoms with van der Waals surface area (Å²) in [4.78, 5) is 37.5. The van der Waals surface area contributed by atoms with Crippen molar-refractivity contribution in [3.8, 4) is 0 Å². The van der Waals surface area contributed by atoms with E-state index in [2.05, 4.69) is 15.6 Å². The fourth-order valence-electron chi connectivity index (χ4n) is 1.48. The van der Waals surface area contributed by atoms with Crippen molar-refractivity contribution >= 4 is 29.1 Å². The second-order valence-corrected chi connectivity index (χ2v) is 5.96. The van der Waals surface area contributed by atoms with E-state index in [0.717, 1.165) is 5.01 Å². The van der Waals surface area contributed by atoms with E-state index >= 15 is 0 Å². The molecule has 0 saturated carbocycles. The van der Waals surface area contributed by atoms with Gasteiger partial charge in [-0.3, -0.25) is 14.4 Å². The lowest BCUT2D eigenvalue weighted by Gasteiger charge is -2.11. The van der Waals surface area contributed by atoms with Crippen LogP contribution in [0.5, 0.6) is 0 Å². The van der Waals surface area contributed by atoms with Gasteiger partial charge in [0.15, 0.2) is 0 Å². The summed E-state index contributed by atoms with van der Waals surface area (Å²) in [6.07, 6.45) is 0.0491. The Bertz CT molecular complexity index is 544. The third-order valence-corrected chi connectivity index (χ3v) is 3.79. The fourth-order valence-corrected chi connectivity index (χ4v) is 2.48. The molecule has 0 aliphatic rings. The van der Waals surface area contributed by atoms with Gasteiger partial charge in [0, 0.05) is 5.38 Å². The maximum Gasteiger partial charge on any atom is 0.322 e. The Morgan fingerprint density at radius 3 is 2.50 bits per heavy atom. The Balaban J connectivity index is 2.39. The number of amides is 2. The number of carboxylic acid groups (broad SMARTS) is 1. The van der Waals surface area contributed by atoms with Crippen LogP contribution in [0.25, 0.3) is 0 Å². The summed E-state index contributed by atoms with van der Waals surface area (Å²) < 4.78 is 0. The van der Waals surface area contributed by atoms with Gasteiger partial charge in [-0.25, -0.2) is 4.98 Å². The number of carbonyl (C=O) groups excluding carboxylic acids is 2. The molecule has 8 nitrogen and oxygen atoms in total. The number of nitrogens with zero attached hydrogens (tertiary/aromatic N) is 1. The van der Waals surface area contributed by atoms with Crippen molar-refractivity contribution in [1.82, 2.24) is 15.6 Å². The van der Waals surface area contributed by atoms with Gasteiger partial charge in [0.2, 0.25) is 11.8 Å². The minimum absolute atomic E-state index is 0.0491. The molecule has 5 N–H and O–H groups in total. The van der Waals surface area contributed by atoms with Gasteiger partial charge in [0.25, 0.3) is 0 Å². The number of thiazole rings is 1. The number of carbonyl (C=O) groups is 3. The quantitative estimate of drug-likeness (QED) is 0.515. The second kappa shape index (κ2) is 8.44. The predicted octanol–water partition coefficient (Wildman–Crippen LogP) is -0.342. The maximum atomic E-state index is 11.7. The summed E-state index contributed by atoms with van der Waals surface area (Å²) in [6, 6.07) is -0.163. The van der Waals surface area contributed by atoms with Crippen LogP contribution in [0.3, 0.4) is 0 Å². The van der Waals surface area contributed by atoms with E-state index in [-0.39, 0.29) is 30.8 Å². The van der Waals surface area contributed by atoms with Crippen LogP contribution in [0.1, 0.15) is 30.6 Å². The number of rotatable bonds is 8. The molecule has 0 saturated heterocycles. The first-order chi connectivity index (χ1) is 10.3. The lowest BCUT2D eigenvalue weighted by Crippen LogP contribution is -2.39. The summed E-state index contributed by atoms with van der Waals surface area (Å²) in [7, 11) is 0. The van der Waals surface area contributed by atoms with E-state index in [0.29, 0.717) is 5.69 Å². The normalized spacial score (nSPS) is 12.0. The first kappa shape index (κ1) is 18.1. The highest BCUT2D eigenvalue weighted by Gasteiger charge is 2.16. The van der Waals surface area contributed by atoms with E-state index < -0.39 is 18.4 Å². The molecule has 2 amide bonds. The summed E-state index contributed by atoms with van der Waals surface area (Å²) >= 11 is 1.40. The van der Waals surface area contributed by atoms with E-state index in [1.54, 1.807) is 5.38 Å². The Morgan fingerprint density at radius 2 is 1.91 bits per heavy atom. The predicted molar refractivity (Wildman–Crippen MR) is 81.2 cm³/mol. The molecule has 0 spiro atoms. The highest BCUT2D eigenvalue weighted by molar-refractivity contribution is 7.09. The molecule has 1 aromatic rings. The molecular weight excluding hydrogens is 308 g/mol. The molecule has 1 aromatic heterocycles. The summed E-state index contributed by atoms with van der Waals surface area (Å²) in [6.45, 7) is 3.24. The van der Waals surface area contributed by atoms with Gasteiger partial charge < -0.3 is 21.5 Å². The van der Waals surface area contributed by atoms with Crippen molar-refractivity contribution in [2.24, 2.45) is 11.7 Å². The molecule has 1 atom stereocenters. The van der Waals surface area contributed by atoms with Crippen molar-refractivity contribution in [2.75, 3.05) is 13.1 Å². The van der Waals surface area contributed by atoms with Gasteiger partial charge in [-0.05, 0) is 5.92 Å². The van der Waals surface area contributed by atoms with Gasteiger partial charge in [-0.2, -0.15) is 0 Å². The first-order valence-corrected chi connectivity index (χ1v) is 7.62. The number of nitrogens with one attached hydrogen (secondary N) is 2. The molecule has 0 fully saturated rings. The Labute approximate surface area is 132 Å². The smallest absolute Gasteiger partial charge is 0.322 e. The van der Waals surface area contributed by atoms with Crippen molar-refractivity contribution in [3.05, 3.63) is 16.1 Å². The van der Waals surface area contributed by atoms with E-state index in [9.17, 15) is 14.4 Å². The molecule has 1 heterocycles. The molecule has 1 unspecified atom stereocenters. The Kier molecular flexibility index (Phi) is 6.93. The zero-order chi connectivity index (χ0) is 16.7. The van der Waals surface area contributed by atoms with Gasteiger partial charge in [0.1, 0.15) is 11.6 Å². The molecular formula is C13H20N4O4S. The van der Waals surface area contributed by atoms with Crippen molar-refractivity contribution in [3.63, 3.8) is 0 Å². The maximum absolute atomic E-state index is 11.7. The summed E-state index contributed by atoms with van der Waals surface area (Å²) in [5.41, 5.74) is 6.58. The number of hydrogen-bond acceptors (Lipinski definition) is 6. The van der Waals surface area contributed by atoms with Gasteiger partial charge in [0.05, 0.1) is 24.7 Å². The molecule has 0 aliphatic carbocycles. The zero-order valence-corrected chi connectivity index (χ0v) is 13.3. The van der Waals surface area contributed by atoms with E-state index in [1.165, 1.54) is 11.3 Å². The number of hydrogen-bond donors (Lipinski definition) is 4. The van der Waals surface area contributed by atoms with Crippen LogP contribution in [-0.2, 0) is 20.8 Å². The lowest BCUT2D eigenvalue weighted by atomic mass is 10.1. The average Bonchev–Trinajstić information content (AvgIpc) is 2.90. The highest BCUT2D eigenvalue weighted by Crippen LogP contribution is 2.22. The largest absolute Gasteiger partial charge is 0.480 e. The van der Waals surface area contributed by atoms with Crippen LogP contribution >= 0.6 is 11.3 Å². The SMILES string of the molecule is CC(C)C(N)c1nc(CC(=O)NCC(=O)NCC(=O)O)cs1. The number of aromatic nitrogens is 1. The van der Waals surface area contributed by atoms with Gasteiger partial charge in [-0.1, -0.05) is 13.8 Å². The fraction of sp³-hybridized carbons (Fsp3) is 0.538. The van der Waals surface area contributed by atoms with Crippen molar-refractivity contribution in [2.45, 2.75) is 26.3 Å². The van der Waals surface area contributed by atoms with Crippen LogP contribution in [0.4, 0.5) is 0 Å². The molecule has 0 bridgehead atoms. The number of nitrogens with two attached hydrogens (primary N) is 1. The Hall–Kier alpha value is -2.00. The minimum atomic E-state index is -1.14. The van der Waals surface area contributed by atoms with E-state index in [1.807, 2.05) is 13.8 Å². The Morgan fingerprint density at radius 1 is 1.27 bits per heavy atom. The van der Waals surface area contributed by atoms with Crippen LogP contribution < -0.4 is 16.4 Å². The highest BCUT2D eigenvalue weighted by atomic mass is 32.1. The zero-order valence-electron chi connectivity index (χ0n) is 12.5. The minimum Gasteiger partial charge on any atom is -0.480 e. The third-order valence-electron chi connectivity index (χ3n) is 2.80. The van der Waals surface area contributed by atoms with Crippen molar-refractivity contribution < 1.29 is 19.5 Å². The monoisotopic (exact) mass is 328 g/mol. The molecule has 1 rings (SSSR count).